The highest BCUT2D eigenvalue weighted by Crippen LogP contribution is 2.26. The standard InChI is InChI=1S/C25H28N6O4S/c1-5-14-30-23(22(16(2)3)27-24(33)18-8-6-17(4)7-9-18)28-29-25(30)36-15-21(32)26-19-10-12-20(13-11-19)31(34)35/h5-13,16,22H,1,14-15H2,2-4H3,(H,26,32)(H,27,33)/t22-/m0/s1. The first-order valence-electron chi connectivity index (χ1n) is 11.3. The van der Waals surface area contributed by atoms with Gasteiger partial charge in [-0.05, 0) is 37.1 Å². The SMILES string of the molecule is C=CCn1c(SCC(=O)Nc2ccc([N+](=O)[O-])cc2)nnc1[C@@H](NC(=O)c1ccc(C)cc1)C(C)C. The molecule has 2 N–H and O–H groups in total. The molecule has 10 nitrogen and oxygen atoms in total. The van der Waals surface area contributed by atoms with Gasteiger partial charge in [-0.15, -0.1) is 16.8 Å². The maximum absolute atomic E-state index is 12.9. The van der Waals surface area contributed by atoms with Gasteiger partial charge in [0.15, 0.2) is 11.0 Å². The van der Waals surface area contributed by atoms with Gasteiger partial charge in [0.2, 0.25) is 5.91 Å². The van der Waals surface area contributed by atoms with Crippen LogP contribution in [0.5, 0.6) is 0 Å². The van der Waals surface area contributed by atoms with Crippen molar-refractivity contribution in [1.82, 2.24) is 20.1 Å². The molecule has 0 unspecified atom stereocenters. The number of nitrogens with zero attached hydrogens (tertiary/aromatic N) is 4. The van der Waals surface area contributed by atoms with Crippen molar-refractivity contribution in [2.75, 3.05) is 11.1 Å². The predicted octanol–water partition coefficient (Wildman–Crippen LogP) is 4.54. The van der Waals surface area contributed by atoms with Crippen LogP contribution in [0.3, 0.4) is 0 Å². The molecule has 0 fully saturated rings. The van der Waals surface area contributed by atoms with Crippen molar-refractivity contribution in [3.05, 3.63) is 88.3 Å². The molecule has 3 aromatic rings. The number of carbonyl (C=O) groups is 2. The van der Waals surface area contributed by atoms with Gasteiger partial charge < -0.3 is 15.2 Å². The van der Waals surface area contributed by atoms with Crippen molar-refractivity contribution < 1.29 is 14.5 Å². The van der Waals surface area contributed by atoms with Crippen LogP contribution >= 0.6 is 11.8 Å². The molecule has 0 saturated heterocycles. The number of hydrogen-bond donors (Lipinski definition) is 2. The molecular weight excluding hydrogens is 480 g/mol. The Kier molecular flexibility index (Phi) is 8.96. The van der Waals surface area contributed by atoms with Crippen molar-refractivity contribution in [1.29, 1.82) is 0 Å². The topological polar surface area (TPSA) is 132 Å². The number of amides is 2. The van der Waals surface area contributed by atoms with Crippen LogP contribution < -0.4 is 10.6 Å². The highest BCUT2D eigenvalue weighted by molar-refractivity contribution is 7.99. The molecule has 2 amide bonds. The molecule has 2 aromatic carbocycles. The third-order valence-electron chi connectivity index (χ3n) is 5.30. The lowest BCUT2D eigenvalue weighted by Gasteiger charge is -2.22. The smallest absolute Gasteiger partial charge is 0.269 e. The van der Waals surface area contributed by atoms with Crippen LogP contribution in [0.4, 0.5) is 11.4 Å². The summed E-state index contributed by atoms with van der Waals surface area (Å²) in [6.45, 7) is 10.1. The van der Waals surface area contributed by atoms with Crippen LogP contribution in [0.1, 0.15) is 41.6 Å². The van der Waals surface area contributed by atoms with Crippen LogP contribution in [0, 0.1) is 23.0 Å². The van der Waals surface area contributed by atoms with Crippen molar-refractivity contribution in [2.45, 2.75) is 38.5 Å². The van der Waals surface area contributed by atoms with Gasteiger partial charge in [-0.2, -0.15) is 0 Å². The van der Waals surface area contributed by atoms with Crippen molar-refractivity contribution in [3.8, 4) is 0 Å². The summed E-state index contributed by atoms with van der Waals surface area (Å²) in [5.74, 6) is 0.142. The molecule has 3 rings (SSSR count). The average molecular weight is 509 g/mol. The lowest BCUT2D eigenvalue weighted by molar-refractivity contribution is -0.384. The number of carbonyl (C=O) groups excluding carboxylic acids is 2. The summed E-state index contributed by atoms with van der Waals surface area (Å²) >= 11 is 1.20. The predicted molar refractivity (Wildman–Crippen MR) is 139 cm³/mol. The van der Waals surface area contributed by atoms with E-state index < -0.39 is 11.0 Å². The molecule has 1 heterocycles. The van der Waals surface area contributed by atoms with E-state index >= 15 is 0 Å². The van der Waals surface area contributed by atoms with Crippen molar-refractivity contribution in [2.24, 2.45) is 5.92 Å². The number of non-ortho nitro benzene ring substituents is 1. The van der Waals surface area contributed by atoms with E-state index in [-0.39, 0.29) is 29.2 Å². The van der Waals surface area contributed by atoms with E-state index in [9.17, 15) is 19.7 Å². The number of thioether (sulfide) groups is 1. The molecule has 0 bridgehead atoms. The summed E-state index contributed by atoms with van der Waals surface area (Å²) in [4.78, 5) is 35.6. The molecule has 1 aromatic heterocycles. The second-order valence-corrected chi connectivity index (χ2v) is 9.38. The van der Waals surface area contributed by atoms with Gasteiger partial charge >= 0.3 is 0 Å². The number of anilines is 1. The molecule has 1 atom stereocenters. The molecular formula is C25H28N6O4S. The molecule has 188 valence electrons. The fourth-order valence-electron chi connectivity index (χ4n) is 3.39. The molecule has 11 heteroatoms. The van der Waals surface area contributed by atoms with Gasteiger partial charge in [-0.1, -0.05) is 49.4 Å². The zero-order valence-corrected chi connectivity index (χ0v) is 21.1. The second kappa shape index (κ2) is 12.1. The van der Waals surface area contributed by atoms with Crippen molar-refractivity contribution >= 4 is 35.0 Å². The number of nitro benzene ring substituents is 1. The Balaban J connectivity index is 1.72. The van der Waals surface area contributed by atoms with E-state index in [1.807, 2.05) is 37.5 Å². The van der Waals surface area contributed by atoms with Crippen LogP contribution in [0.25, 0.3) is 0 Å². The number of rotatable bonds is 11. The monoisotopic (exact) mass is 508 g/mol. The fraction of sp³-hybridized carbons (Fsp3) is 0.280. The zero-order valence-electron chi connectivity index (χ0n) is 20.3. The quantitative estimate of drug-likeness (QED) is 0.168. The Hall–Kier alpha value is -3.99. The normalized spacial score (nSPS) is 11.7. The van der Waals surface area contributed by atoms with Crippen LogP contribution in [0.2, 0.25) is 0 Å². The first kappa shape index (κ1) is 26.6. The first-order chi connectivity index (χ1) is 17.2. The molecule has 0 aliphatic rings. The van der Waals surface area contributed by atoms with Gasteiger partial charge in [-0.3, -0.25) is 19.7 Å². The zero-order chi connectivity index (χ0) is 26.2. The summed E-state index contributed by atoms with van der Waals surface area (Å²) in [6.07, 6.45) is 1.70. The highest BCUT2D eigenvalue weighted by atomic mass is 32.2. The highest BCUT2D eigenvalue weighted by Gasteiger charge is 2.26. The van der Waals surface area contributed by atoms with Crippen molar-refractivity contribution in [3.63, 3.8) is 0 Å². The Labute approximate surface area is 213 Å². The van der Waals surface area contributed by atoms with E-state index in [0.717, 1.165) is 5.56 Å². The fourth-order valence-corrected chi connectivity index (χ4v) is 4.14. The summed E-state index contributed by atoms with van der Waals surface area (Å²) in [6, 6.07) is 12.5. The van der Waals surface area contributed by atoms with Gasteiger partial charge in [0, 0.05) is 29.9 Å². The third kappa shape index (κ3) is 6.79. The van der Waals surface area contributed by atoms with Gasteiger partial charge in [-0.25, -0.2) is 0 Å². The van der Waals surface area contributed by atoms with E-state index in [0.29, 0.717) is 28.8 Å². The van der Waals surface area contributed by atoms with E-state index in [4.69, 9.17) is 0 Å². The van der Waals surface area contributed by atoms with E-state index in [1.165, 1.54) is 36.0 Å². The number of aromatic nitrogens is 3. The number of nitro groups is 1. The van der Waals surface area contributed by atoms with E-state index in [2.05, 4.69) is 27.4 Å². The first-order valence-corrected chi connectivity index (χ1v) is 12.3. The summed E-state index contributed by atoms with van der Waals surface area (Å²) < 4.78 is 1.83. The Morgan fingerprint density at radius 1 is 1.14 bits per heavy atom. The average Bonchev–Trinajstić information content (AvgIpc) is 3.24. The lowest BCUT2D eigenvalue weighted by Crippen LogP contribution is -2.33. The number of benzene rings is 2. The van der Waals surface area contributed by atoms with Crippen LogP contribution in [-0.2, 0) is 11.3 Å². The molecule has 0 aliphatic heterocycles. The summed E-state index contributed by atoms with van der Waals surface area (Å²) in [5.41, 5.74) is 2.02. The van der Waals surface area contributed by atoms with Gasteiger partial charge in [0.05, 0.1) is 16.7 Å². The Bertz CT molecular complexity index is 1240. The molecule has 36 heavy (non-hydrogen) atoms. The Morgan fingerprint density at radius 3 is 2.39 bits per heavy atom. The Morgan fingerprint density at radius 2 is 1.81 bits per heavy atom. The minimum Gasteiger partial charge on any atom is -0.342 e. The summed E-state index contributed by atoms with van der Waals surface area (Å²) in [7, 11) is 0. The molecule has 0 saturated carbocycles. The molecule has 0 spiro atoms. The lowest BCUT2D eigenvalue weighted by atomic mass is 10.0. The minimum absolute atomic E-state index is 0.0236. The van der Waals surface area contributed by atoms with E-state index in [1.54, 1.807) is 18.2 Å². The third-order valence-corrected chi connectivity index (χ3v) is 6.26. The number of allylic oxidation sites excluding steroid dienone is 1. The van der Waals surface area contributed by atoms with Gasteiger partial charge in [0.25, 0.3) is 11.6 Å². The second-order valence-electron chi connectivity index (χ2n) is 8.44. The largest absolute Gasteiger partial charge is 0.342 e. The maximum atomic E-state index is 12.9. The maximum Gasteiger partial charge on any atom is 0.269 e. The van der Waals surface area contributed by atoms with Gasteiger partial charge in [0.1, 0.15) is 0 Å². The number of aryl methyl sites for hydroxylation is 1. The van der Waals surface area contributed by atoms with Crippen LogP contribution in [0.15, 0.2) is 66.3 Å². The van der Waals surface area contributed by atoms with Crippen LogP contribution in [-0.4, -0.2) is 37.3 Å². The number of nitrogens with one attached hydrogen (secondary N) is 2. The molecule has 0 aliphatic carbocycles. The molecule has 0 radical (unpaired) electrons. The number of hydrogen-bond acceptors (Lipinski definition) is 7. The summed E-state index contributed by atoms with van der Waals surface area (Å²) in [5, 5.41) is 25.7. The minimum atomic E-state index is -0.501.